The summed E-state index contributed by atoms with van der Waals surface area (Å²) in [6, 6.07) is 0. The first kappa shape index (κ1) is 15.8. The molecular weight excluding hydrogens is 252 g/mol. The van der Waals surface area contributed by atoms with Gasteiger partial charge in [-0.05, 0) is 57.0 Å². The molecule has 0 aromatic carbocycles. The Morgan fingerprint density at radius 1 is 1.15 bits per heavy atom. The summed E-state index contributed by atoms with van der Waals surface area (Å²) in [4.78, 5) is 13.5. The fourth-order valence-electron chi connectivity index (χ4n) is 3.61. The number of carbonyl (C=O) groups is 1. The average Bonchev–Trinajstić information content (AvgIpc) is 2.44. The van der Waals surface area contributed by atoms with E-state index in [1.807, 2.05) is 0 Å². The molecule has 0 radical (unpaired) electrons. The standard InChI is InChI=1S/C16H30N2O2/c17-16(19)12-15-5-3-9-18(13-15)8-2-1-4-14-6-10-20-11-7-14/h14-15H,1-13H2,(H2,17,19). The third kappa shape index (κ3) is 5.80. The Balaban J connectivity index is 1.55. The Morgan fingerprint density at radius 2 is 1.95 bits per heavy atom. The molecule has 20 heavy (non-hydrogen) atoms. The smallest absolute Gasteiger partial charge is 0.217 e. The van der Waals surface area contributed by atoms with Gasteiger partial charge in [0.15, 0.2) is 0 Å². The Morgan fingerprint density at radius 3 is 2.70 bits per heavy atom. The van der Waals surface area contributed by atoms with Gasteiger partial charge in [-0.25, -0.2) is 0 Å². The zero-order valence-electron chi connectivity index (χ0n) is 12.7. The van der Waals surface area contributed by atoms with Crippen LogP contribution in [0, 0.1) is 11.8 Å². The number of unbranched alkanes of at least 4 members (excludes halogenated alkanes) is 1. The van der Waals surface area contributed by atoms with Gasteiger partial charge in [-0.2, -0.15) is 0 Å². The van der Waals surface area contributed by atoms with Gasteiger partial charge in [-0.3, -0.25) is 4.79 Å². The molecule has 2 heterocycles. The summed E-state index contributed by atoms with van der Waals surface area (Å²) in [6.45, 7) is 5.39. The normalized spacial score (nSPS) is 25.7. The van der Waals surface area contributed by atoms with Crippen molar-refractivity contribution < 1.29 is 9.53 Å². The van der Waals surface area contributed by atoms with E-state index in [1.165, 1.54) is 58.0 Å². The third-order valence-electron chi connectivity index (χ3n) is 4.77. The van der Waals surface area contributed by atoms with Gasteiger partial charge in [-0.15, -0.1) is 0 Å². The predicted octanol–water partition coefficient (Wildman–Crippen LogP) is 2.17. The van der Waals surface area contributed by atoms with Gasteiger partial charge in [-0.1, -0.05) is 12.8 Å². The minimum atomic E-state index is -0.142. The molecule has 1 atom stereocenters. The van der Waals surface area contributed by atoms with E-state index in [-0.39, 0.29) is 5.91 Å². The minimum Gasteiger partial charge on any atom is -0.381 e. The van der Waals surface area contributed by atoms with Crippen LogP contribution in [0.4, 0.5) is 0 Å². The summed E-state index contributed by atoms with van der Waals surface area (Å²) in [5.41, 5.74) is 5.31. The van der Waals surface area contributed by atoms with E-state index in [2.05, 4.69) is 4.90 Å². The highest BCUT2D eigenvalue weighted by molar-refractivity contribution is 5.74. The fraction of sp³-hybridized carbons (Fsp3) is 0.938. The Kier molecular flexibility index (Phi) is 6.80. The van der Waals surface area contributed by atoms with E-state index in [1.54, 1.807) is 0 Å². The van der Waals surface area contributed by atoms with Crippen molar-refractivity contribution in [2.75, 3.05) is 32.8 Å². The van der Waals surface area contributed by atoms with Gasteiger partial charge in [0, 0.05) is 26.2 Å². The van der Waals surface area contributed by atoms with Gasteiger partial charge < -0.3 is 15.4 Å². The minimum absolute atomic E-state index is 0.142. The summed E-state index contributed by atoms with van der Waals surface area (Å²) in [5, 5.41) is 0. The molecule has 4 nitrogen and oxygen atoms in total. The van der Waals surface area contributed by atoms with Crippen LogP contribution in [0.1, 0.15) is 51.4 Å². The molecule has 2 aliphatic rings. The van der Waals surface area contributed by atoms with Crippen molar-refractivity contribution in [1.82, 2.24) is 4.90 Å². The fourth-order valence-corrected chi connectivity index (χ4v) is 3.61. The van der Waals surface area contributed by atoms with Crippen LogP contribution in [0.25, 0.3) is 0 Å². The molecule has 116 valence electrons. The maximum Gasteiger partial charge on any atom is 0.217 e. The Bertz CT molecular complexity index is 290. The first-order valence-corrected chi connectivity index (χ1v) is 8.32. The van der Waals surface area contributed by atoms with Crippen molar-refractivity contribution in [2.24, 2.45) is 17.6 Å². The second-order valence-electron chi connectivity index (χ2n) is 6.53. The molecule has 2 rings (SSSR count). The number of nitrogens with zero attached hydrogens (tertiary/aromatic N) is 1. The molecule has 2 aliphatic heterocycles. The number of carbonyl (C=O) groups excluding carboxylic acids is 1. The SMILES string of the molecule is NC(=O)CC1CCCN(CCCCC2CCOCC2)C1. The van der Waals surface area contributed by atoms with Gasteiger partial charge >= 0.3 is 0 Å². The van der Waals surface area contributed by atoms with E-state index in [0.717, 1.165) is 25.7 Å². The van der Waals surface area contributed by atoms with Crippen LogP contribution in [0.5, 0.6) is 0 Å². The summed E-state index contributed by atoms with van der Waals surface area (Å²) in [6.07, 6.45) is 9.46. The van der Waals surface area contributed by atoms with E-state index < -0.39 is 0 Å². The Labute approximate surface area is 123 Å². The van der Waals surface area contributed by atoms with Gasteiger partial charge in [0.25, 0.3) is 0 Å². The molecule has 2 fully saturated rings. The van der Waals surface area contributed by atoms with Crippen LogP contribution in [0.15, 0.2) is 0 Å². The van der Waals surface area contributed by atoms with Crippen LogP contribution in [-0.2, 0) is 9.53 Å². The molecule has 1 unspecified atom stereocenters. The van der Waals surface area contributed by atoms with Crippen LogP contribution in [0.3, 0.4) is 0 Å². The highest BCUT2D eigenvalue weighted by Gasteiger charge is 2.21. The van der Waals surface area contributed by atoms with E-state index in [4.69, 9.17) is 10.5 Å². The summed E-state index contributed by atoms with van der Waals surface area (Å²) >= 11 is 0. The molecule has 0 spiro atoms. The molecule has 4 heteroatoms. The highest BCUT2D eigenvalue weighted by atomic mass is 16.5. The van der Waals surface area contributed by atoms with Gasteiger partial charge in [0.1, 0.15) is 0 Å². The number of primary amides is 1. The largest absolute Gasteiger partial charge is 0.381 e. The first-order chi connectivity index (χ1) is 9.74. The number of rotatable bonds is 7. The highest BCUT2D eigenvalue weighted by Crippen LogP contribution is 2.22. The molecule has 0 aromatic heterocycles. The number of likely N-dealkylation sites (tertiary alicyclic amines) is 1. The zero-order valence-corrected chi connectivity index (χ0v) is 12.7. The van der Waals surface area contributed by atoms with Crippen LogP contribution in [-0.4, -0.2) is 43.7 Å². The van der Waals surface area contributed by atoms with Gasteiger partial charge in [0.05, 0.1) is 0 Å². The van der Waals surface area contributed by atoms with E-state index in [0.29, 0.717) is 12.3 Å². The van der Waals surface area contributed by atoms with Crippen molar-refractivity contribution in [2.45, 2.75) is 51.4 Å². The lowest BCUT2D eigenvalue weighted by Crippen LogP contribution is -2.37. The molecule has 2 saturated heterocycles. The lowest BCUT2D eigenvalue weighted by molar-refractivity contribution is -0.119. The predicted molar refractivity (Wildman–Crippen MR) is 80.4 cm³/mol. The summed E-state index contributed by atoms with van der Waals surface area (Å²) < 4.78 is 5.40. The topological polar surface area (TPSA) is 55.6 Å². The molecule has 1 amide bonds. The molecule has 2 N–H and O–H groups in total. The summed E-state index contributed by atoms with van der Waals surface area (Å²) in [7, 11) is 0. The third-order valence-corrected chi connectivity index (χ3v) is 4.77. The number of nitrogens with two attached hydrogens (primary N) is 1. The van der Waals surface area contributed by atoms with Gasteiger partial charge in [0.2, 0.25) is 5.91 Å². The van der Waals surface area contributed by atoms with Crippen molar-refractivity contribution >= 4 is 5.91 Å². The number of ether oxygens (including phenoxy) is 1. The number of piperidine rings is 1. The van der Waals surface area contributed by atoms with Crippen LogP contribution >= 0.6 is 0 Å². The van der Waals surface area contributed by atoms with E-state index >= 15 is 0 Å². The Hall–Kier alpha value is -0.610. The number of hydrogen-bond donors (Lipinski definition) is 1. The first-order valence-electron chi connectivity index (χ1n) is 8.32. The number of hydrogen-bond acceptors (Lipinski definition) is 3. The van der Waals surface area contributed by atoms with Crippen molar-refractivity contribution in [3.63, 3.8) is 0 Å². The number of amides is 1. The zero-order chi connectivity index (χ0) is 14.2. The molecular formula is C16H30N2O2. The maximum absolute atomic E-state index is 11.0. The van der Waals surface area contributed by atoms with E-state index in [9.17, 15) is 4.79 Å². The second-order valence-corrected chi connectivity index (χ2v) is 6.53. The quantitative estimate of drug-likeness (QED) is 0.728. The van der Waals surface area contributed by atoms with Crippen molar-refractivity contribution in [3.8, 4) is 0 Å². The van der Waals surface area contributed by atoms with Crippen molar-refractivity contribution in [1.29, 1.82) is 0 Å². The van der Waals surface area contributed by atoms with Crippen molar-refractivity contribution in [3.05, 3.63) is 0 Å². The molecule has 0 bridgehead atoms. The van der Waals surface area contributed by atoms with Crippen LogP contribution < -0.4 is 5.73 Å². The molecule has 0 saturated carbocycles. The summed E-state index contributed by atoms with van der Waals surface area (Å²) in [5.74, 6) is 1.25. The second kappa shape index (κ2) is 8.63. The molecule has 0 aliphatic carbocycles. The monoisotopic (exact) mass is 282 g/mol. The molecule has 0 aromatic rings. The van der Waals surface area contributed by atoms with Crippen LogP contribution in [0.2, 0.25) is 0 Å². The lowest BCUT2D eigenvalue weighted by Gasteiger charge is -2.32. The lowest BCUT2D eigenvalue weighted by atomic mass is 9.93. The average molecular weight is 282 g/mol. The maximum atomic E-state index is 11.0.